The summed E-state index contributed by atoms with van der Waals surface area (Å²) in [7, 11) is 1.65. The zero-order valence-corrected chi connectivity index (χ0v) is 10.6. The van der Waals surface area contributed by atoms with Crippen LogP contribution in [0.15, 0.2) is 0 Å². The summed E-state index contributed by atoms with van der Waals surface area (Å²) in [5.41, 5.74) is -0.422. The van der Waals surface area contributed by atoms with Gasteiger partial charge < -0.3 is 14.9 Å². The van der Waals surface area contributed by atoms with E-state index in [0.29, 0.717) is 13.1 Å². The third-order valence-electron chi connectivity index (χ3n) is 3.55. The van der Waals surface area contributed by atoms with Gasteiger partial charge in [-0.25, -0.2) is 0 Å². The molecule has 1 heterocycles. The van der Waals surface area contributed by atoms with E-state index in [0.717, 1.165) is 19.4 Å². The number of methoxy groups -OCH3 is 1. The van der Waals surface area contributed by atoms with E-state index < -0.39 is 5.60 Å². The molecule has 0 saturated carbocycles. The molecular formula is C12H25NO3. The predicted octanol–water partition coefficient (Wildman–Crippen LogP) is 0.477. The molecule has 0 aromatic rings. The lowest BCUT2D eigenvalue weighted by Crippen LogP contribution is -2.53. The van der Waals surface area contributed by atoms with Gasteiger partial charge in [-0.05, 0) is 25.3 Å². The van der Waals surface area contributed by atoms with Gasteiger partial charge in [0.25, 0.3) is 0 Å². The first-order chi connectivity index (χ1) is 7.53. The normalized spacial score (nSPS) is 29.6. The summed E-state index contributed by atoms with van der Waals surface area (Å²) in [6, 6.07) is 0. The minimum atomic E-state index is -0.422. The Bertz CT molecular complexity index is 204. The van der Waals surface area contributed by atoms with E-state index in [4.69, 9.17) is 4.74 Å². The monoisotopic (exact) mass is 231 g/mol. The lowest BCUT2D eigenvalue weighted by molar-refractivity contribution is -0.101. The number of piperidine rings is 1. The van der Waals surface area contributed by atoms with Crippen LogP contribution in [-0.2, 0) is 4.74 Å². The van der Waals surface area contributed by atoms with Gasteiger partial charge >= 0.3 is 0 Å². The van der Waals surface area contributed by atoms with Crippen LogP contribution in [-0.4, -0.2) is 60.2 Å². The number of likely N-dealkylation sites (tertiary alicyclic amines) is 1. The fourth-order valence-electron chi connectivity index (χ4n) is 2.18. The number of aliphatic hydroxyl groups is 2. The largest absolute Gasteiger partial charge is 0.393 e. The van der Waals surface area contributed by atoms with Crippen molar-refractivity contribution in [2.75, 3.05) is 33.4 Å². The molecule has 96 valence electrons. The molecule has 0 aliphatic carbocycles. The van der Waals surface area contributed by atoms with Crippen LogP contribution in [0.2, 0.25) is 0 Å². The number of aliphatic hydroxyl groups excluding tert-OH is 2. The number of hydrogen-bond acceptors (Lipinski definition) is 4. The molecule has 0 aromatic carbocycles. The first-order valence-electron chi connectivity index (χ1n) is 6.09. The molecule has 1 saturated heterocycles. The van der Waals surface area contributed by atoms with Crippen LogP contribution in [0.1, 0.15) is 26.7 Å². The molecule has 2 N–H and O–H groups in total. The van der Waals surface area contributed by atoms with E-state index in [-0.39, 0.29) is 18.6 Å². The van der Waals surface area contributed by atoms with Gasteiger partial charge in [-0.1, -0.05) is 13.8 Å². The summed E-state index contributed by atoms with van der Waals surface area (Å²) in [5, 5.41) is 19.2. The maximum atomic E-state index is 9.85. The molecule has 0 amide bonds. The summed E-state index contributed by atoms with van der Waals surface area (Å²) in [6.45, 7) is 6.45. The van der Waals surface area contributed by atoms with Gasteiger partial charge in [0, 0.05) is 20.2 Å². The second kappa shape index (κ2) is 5.96. The first kappa shape index (κ1) is 13.9. The Morgan fingerprint density at radius 3 is 2.62 bits per heavy atom. The van der Waals surface area contributed by atoms with Crippen molar-refractivity contribution in [1.82, 2.24) is 4.90 Å². The number of β-amino-alcohol motifs (C(OH)–C–C–N with tert-alkyl or cyclic N) is 1. The van der Waals surface area contributed by atoms with E-state index in [1.54, 1.807) is 7.11 Å². The quantitative estimate of drug-likeness (QED) is 0.722. The maximum absolute atomic E-state index is 9.85. The zero-order valence-electron chi connectivity index (χ0n) is 10.6. The third kappa shape index (κ3) is 3.42. The van der Waals surface area contributed by atoms with Crippen molar-refractivity contribution >= 4 is 0 Å². The highest BCUT2D eigenvalue weighted by Gasteiger charge is 2.35. The highest BCUT2D eigenvalue weighted by atomic mass is 16.5. The fraction of sp³-hybridized carbons (Fsp3) is 1.00. The van der Waals surface area contributed by atoms with E-state index in [2.05, 4.69) is 4.90 Å². The molecule has 0 radical (unpaired) electrons. The topological polar surface area (TPSA) is 52.9 Å². The molecule has 1 aliphatic heterocycles. The zero-order chi connectivity index (χ0) is 12.2. The average Bonchev–Trinajstić information content (AvgIpc) is 2.29. The van der Waals surface area contributed by atoms with Crippen LogP contribution >= 0.6 is 0 Å². The first-order valence-corrected chi connectivity index (χ1v) is 6.09. The smallest absolute Gasteiger partial charge is 0.103 e. The Hall–Kier alpha value is -0.160. The minimum absolute atomic E-state index is 0.0533. The molecule has 0 aromatic heterocycles. The minimum Gasteiger partial charge on any atom is -0.393 e. The molecule has 4 nitrogen and oxygen atoms in total. The SMILES string of the molecule is COC1(CO)CCCN(CC(O)C(C)C)C1. The second-order valence-electron chi connectivity index (χ2n) is 5.20. The fourth-order valence-corrected chi connectivity index (χ4v) is 2.18. The number of ether oxygens (including phenoxy) is 1. The van der Waals surface area contributed by atoms with Gasteiger partial charge in [-0.15, -0.1) is 0 Å². The molecule has 1 fully saturated rings. The lowest BCUT2D eigenvalue weighted by atomic mass is 9.92. The van der Waals surface area contributed by atoms with Crippen molar-refractivity contribution in [2.45, 2.75) is 38.4 Å². The average molecular weight is 231 g/mol. The van der Waals surface area contributed by atoms with Crippen LogP contribution < -0.4 is 0 Å². The van der Waals surface area contributed by atoms with Gasteiger partial charge in [0.05, 0.1) is 12.7 Å². The maximum Gasteiger partial charge on any atom is 0.103 e. The highest BCUT2D eigenvalue weighted by Crippen LogP contribution is 2.24. The van der Waals surface area contributed by atoms with Gasteiger partial charge in [0.15, 0.2) is 0 Å². The predicted molar refractivity (Wildman–Crippen MR) is 63.3 cm³/mol. The Morgan fingerprint density at radius 1 is 1.44 bits per heavy atom. The van der Waals surface area contributed by atoms with Crippen molar-refractivity contribution < 1.29 is 14.9 Å². The van der Waals surface area contributed by atoms with E-state index in [1.807, 2.05) is 13.8 Å². The summed E-state index contributed by atoms with van der Waals surface area (Å²) in [6.07, 6.45) is 1.61. The number of nitrogens with zero attached hydrogens (tertiary/aromatic N) is 1. The Labute approximate surface area is 98.2 Å². The van der Waals surface area contributed by atoms with Crippen LogP contribution in [0, 0.1) is 5.92 Å². The molecule has 16 heavy (non-hydrogen) atoms. The van der Waals surface area contributed by atoms with Gasteiger partial charge in [0.2, 0.25) is 0 Å². The van der Waals surface area contributed by atoms with Crippen LogP contribution in [0.5, 0.6) is 0 Å². The van der Waals surface area contributed by atoms with Gasteiger partial charge in [0.1, 0.15) is 5.60 Å². The van der Waals surface area contributed by atoms with Crippen molar-refractivity contribution in [1.29, 1.82) is 0 Å². The summed E-state index contributed by atoms with van der Waals surface area (Å²) in [5.74, 6) is 0.271. The molecule has 1 aliphatic rings. The Balaban J connectivity index is 2.50. The molecule has 2 unspecified atom stereocenters. The Kier molecular flexibility index (Phi) is 5.18. The third-order valence-corrected chi connectivity index (χ3v) is 3.55. The molecule has 1 rings (SSSR count). The lowest BCUT2D eigenvalue weighted by Gasteiger charge is -2.41. The van der Waals surface area contributed by atoms with Crippen molar-refractivity contribution in [3.63, 3.8) is 0 Å². The van der Waals surface area contributed by atoms with E-state index >= 15 is 0 Å². The number of hydrogen-bond donors (Lipinski definition) is 2. The summed E-state index contributed by atoms with van der Waals surface area (Å²) in [4.78, 5) is 2.19. The highest BCUT2D eigenvalue weighted by molar-refractivity contribution is 4.89. The molecule has 0 bridgehead atoms. The van der Waals surface area contributed by atoms with Crippen molar-refractivity contribution in [3.8, 4) is 0 Å². The van der Waals surface area contributed by atoms with E-state index in [1.165, 1.54) is 0 Å². The summed E-state index contributed by atoms with van der Waals surface area (Å²) < 4.78 is 5.43. The van der Waals surface area contributed by atoms with E-state index in [9.17, 15) is 10.2 Å². The van der Waals surface area contributed by atoms with Gasteiger partial charge in [-0.3, -0.25) is 4.90 Å². The Morgan fingerprint density at radius 2 is 2.12 bits per heavy atom. The summed E-state index contributed by atoms with van der Waals surface area (Å²) >= 11 is 0. The standard InChI is InChI=1S/C12H25NO3/c1-10(2)11(15)7-13-6-4-5-12(8-13,9-14)16-3/h10-11,14-15H,4-9H2,1-3H3. The van der Waals surface area contributed by atoms with Crippen molar-refractivity contribution in [2.24, 2.45) is 5.92 Å². The molecule has 0 spiro atoms. The molecular weight excluding hydrogens is 206 g/mol. The van der Waals surface area contributed by atoms with Crippen molar-refractivity contribution in [3.05, 3.63) is 0 Å². The van der Waals surface area contributed by atoms with Crippen LogP contribution in [0.25, 0.3) is 0 Å². The van der Waals surface area contributed by atoms with Crippen LogP contribution in [0.4, 0.5) is 0 Å². The second-order valence-corrected chi connectivity index (χ2v) is 5.20. The van der Waals surface area contributed by atoms with Gasteiger partial charge in [-0.2, -0.15) is 0 Å². The molecule has 2 atom stereocenters. The molecule has 4 heteroatoms. The number of rotatable bonds is 5. The van der Waals surface area contributed by atoms with Crippen LogP contribution in [0.3, 0.4) is 0 Å².